The fraction of sp³-hybridized carbons (Fsp3) is 0.806. The fourth-order valence-corrected chi connectivity index (χ4v) is 9.69. The summed E-state index contributed by atoms with van der Waals surface area (Å²) in [5, 5.41) is 24.2. The van der Waals surface area contributed by atoms with E-state index in [1.165, 1.54) is 38.5 Å². The van der Waals surface area contributed by atoms with Crippen LogP contribution in [0.25, 0.3) is 0 Å². The minimum atomic E-state index is -0.616. The van der Waals surface area contributed by atoms with Crippen LogP contribution in [0, 0.1) is 51.8 Å². The number of hydrogen-bond donors (Lipinski definition) is 2. The van der Waals surface area contributed by atoms with Crippen LogP contribution in [0.5, 0.6) is 0 Å². The van der Waals surface area contributed by atoms with E-state index in [9.17, 15) is 5.11 Å². The third kappa shape index (κ3) is 4.37. The van der Waals surface area contributed by atoms with Gasteiger partial charge in [0.25, 0.3) is 0 Å². The van der Waals surface area contributed by atoms with E-state index in [2.05, 4.69) is 37.1 Å². The maximum atomic E-state index is 11.3. The van der Waals surface area contributed by atoms with E-state index >= 15 is 0 Å². The van der Waals surface area contributed by atoms with Crippen LogP contribution in [0.3, 0.4) is 0 Å². The Morgan fingerprint density at radius 2 is 1.89 bits per heavy atom. The Hall–Kier alpha value is -1.64. The Labute approximate surface area is 218 Å². The van der Waals surface area contributed by atoms with Crippen LogP contribution in [-0.2, 0) is 4.74 Å². The van der Waals surface area contributed by atoms with Crippen molar-refractivity contribution in [3.63, 3.8) is 0 Å². The van der Waals surface area contributed by atoms with Gasteiger partial charge in [-0.1, -0.05) is 20.8 Å². The highest BCUT2D eigenvalue weighted by molar-refractivity contribution is 5.44. The molecule has 198 valence electrons. The summed E-state index contributed by atoms with van der Waals surface area (Å²) in [6.07, 6.45) is 13.9. The molecule has 0 amide bonds. The fourth-order valence-electron chi connectivity index (χ4n) is 9.69. The average Bonchev–Trinajstić information content (AvgIpc) is 3.24. The molecule has 4 aliphatic carbocycles. The van der Waals surface area contributed by atoms with Crippen molar-refractivity contribution in [2.75, 3.05) is 18.5 Å². The molecule has 5 heteroatoms. The lowest BCUT2D eigenvalue weighted by Crippen LogP contribution is -2.57. The van der Waals surface area contributed by atoms with Gasteiger partial charge >= 0.3 is 0 Å². The molecule has 2 N–H and O–H groups in total. The average molecular weight is 494 g/mol. The maximum absolute atomic E-state index is 11.3. The second-order valence-electron chi connectivity index (χ2n) is 13.2. The van der Waals surface area contributed by atoms with E-state index < -0.39 is 5.60 Å². The molecular formula is C31H47N3O2. The van der Waals surface area contributed by atoms with E-state index in [1.807, 2.05) is 25.3 Å². The van der Waals surface area contributed by atoms with Gasteiger partial charge in [0.2, 0.25) is 0 Å². The molecule has 0 aromatic carbocycles. The molecule has 1 heterocycles. The summed E-state index contributed by atoms with van der Waals surface area (Å²) in [7, 11) is 0. The topological polar surface area (TPSA) is 78.2 Å². The van der Waals surface area contributed by atoms with Crippen LogP contribution >= 0.6 is 0 Å². The van der Waals surface area contributed by atoms with Gasteiger partial charge in [-0.15, -0.1) is 0 Å². The van der Waals surface area contributed by atoms with Crippen molar-refractivity contribution in [1.29, 1.82) is 5.26 Å². The van der Waals surface area contributed by atoms with Crippen molar-refractivity contribution in [2.45, 2.75) is 104 Å². The molecule has 0 spiro atoms. The minimum absolute atomic E-state index is 0.372. The predicted molar refractivity (Wildman–Crippen MR) is 143 cm³/mol. The van der Waals surface area contributed by atoms with Gasteiger partial charge in [0.05, 0.1) is 24.1 Å². The van der Waals surface area contributed by atoms with Crippen molar-refractivity contribution < 1.29 is 9.84 Å². The summed E-state index contributed by atoms with van der Waals surface area (Å²) in [5.74, 6) is 3.77. The first-order valence-corrected chi connectivity index (χ1v) is 14.7. The predicted octanol–water partition coefficient (Wildman–Crippen LogP) is 6.57. The van der Waals surface area contributed by atoms with Gasteiger partial charge in [-0.05, 0) is 124 Å². The van der Waals surface area contributed by atoms with E-state index in [0.29, 0.717) is 47.6 Å². The number of aliphatic hydroxyl groups is 1. The zero-order chi connectivity index (χ0) is 25.6. The molecule has 0 radical (unpaired) electrons. The number of nitrogens with one attached hydrogen (secondary N) is 1. The molecule has 4 aliphatic rings. The van der Waals surface area contributed by atoms with Crippen LogP contribution in [0.15, 0.2) is 18.3 Å². The Bertz CT molecular complexity index is 960. The normalized spacial score (nSPS) is 42.5. The first kappa shape index (κ1) is 26.0. The summed E-state index contributed by atoms with van der Waals surface area (Å²) < 4.78 is 5.69. The number of aromatic nitrogens is 1. The number of pyridine rings is 1. The second-order valence-corrected chi connectivity index (χ2v) is 13.2. The zero-order valence-electron chi connectivity index (χ0n) is 22.9. The third-order valence-corrected chi connectivity index (χ3v) is 11.6. The molecule has 9 atom stereocenters. The first-order chi connectivity index (χ1) is 17.3. The minimum Gasteiger partial charge on any atom is -0.387 e. The number of ether oxygens (including phenoxy) is 1. The SMILES string of the molecule is CCOC[C@@]1(O)CC[C@@]2(C)[C@H](CC[C@@H]3[C@@H]2CC[C@]2(C)C([C@H](CC)Nc4ccc(C#N)nc4)CC[C@@H]32)C1. The standard InChI is InChI=1S/C31H47N3O2/c1-5-28(34-23-9-8-22(18-32)33-19-23)27-12-11-25-24-10-7-21-17-31(35,20-36-6-2)16-15-29(21,3)26(24)13-14-30(25,27)4/h8-9,19,21,24-28,34-35H,5-7,10-17,20H2,1-4H3/t21-,24+,25+,26+,27?,28+,29+,30+,31-/m1/s1. The van der Waals surface area contributed by atoms with Crippen molar-refractivity contribution in [3.05, 3.63) is 24.0 Å². The number of hydrogen-bond acceptors (Lipinski definition) is 5. The summed E-state index contributed by atoms with van der Waals surface area (Å²) in [6, 6.07) is 6.40. The van der Waals surface area contributed by atoms with E-state index in [-0.39, 0.29) is 0 Å². The molecule has 36 heavy (non-hydrogen) atoms. The summed E-state index contributed by atoms with van der Waals surface area (Å²) >= 11 is 0. The number of rotatable bonds is 7. The van der Waals surface area contributed by atoms with Gasteiger partial charge in [-0.3, -0.25) is 0 Å². The lowest BCUT2D eigenvalue weighted by Gasteiger charge is -2.62. The van der Waals surface area contributed by atoms with Crippen LogP contribution in [-0.4, -0.2) is 34.9 Å². The van der Waals surface area contributed by atoms with Gasteiger partial charge in [0.15, 0.2) is 0 Å². The molecule has 0 bridgehead atoms. The van der Waals surface area contributed by atoms with E-state index in [0.717, 1.165) is 49.1 Å². The molecule has 5 nitrogen and oxygen atoms in total. The van der Waals surface area contributed by atoms with E-state index in [4.69, 9.17) is 10.00 Å². The second kappa shape index (κ2) is 9.91. The number of anilines is 1. The smallest absolute Gasteiger partial charge is 0.140 e. The molecule has 4 fully saturated rings. The van der Waals surface area contributed by atoms with Crippen LogP contribution < -0.4 is 5.32 Å². The monoisotopic (exact) mass is 493 g/mol. The highest BCUT2D eigenvalue weighted by Gasteiger charge is 2.61. The van der Waals surface area contributed by atoms with Crippen molar-refractivity contribution in [2.24, 2.45) is 40.4 Å². The highest BCUT2D eigenvalue weighted by Crippen LogP contribution is 2.68. The third-order valence-electron chi connectivity index (χ3n) is 11.6. The molecule has 4 saturated carbocycles. The maximum Gasteiger partial charge on any atom is 0.140 e. The molecule has 0 saturated heterocycles. The van der Waals surface area contributed by atoms with Crippen molar-refractivity contribution in [3.8, 4) is 6.07 Å². The van der Waals surface area contributed by atoms with Gasteiger partial charge in [0, 0.05) is 12.6 Å². The van der Waals surface area contributed by atoms with Gasteiger partial charge in [-0.2, -0.15) is 5.26 Å². The Morgan fingerprint density at radius 1 is 1.08 bits per heavy atom. The Morgan fingerprint density at radius 3 is 2.58 bits per heavy atom. The van der Waals surface area contributed by atoms with Crippen LogP contribution in [0.2, 0.25) is 0 Å². The highest BCUT2D eigenvalue weighted by atomic mass is 16.5. The van der Waals surface area contributed by atoms with Gasteiger partial charge in [0.1, 0.15) is 11.8 Å². The largest absolute Gasteiger partial charge is 0.387 e. The van der Waals surface area contributed by atoms with Crippen molar-refractivity contribution in [1.82, 2.24) is 4.98 Å². The molecule has 0 aliphatic heterocycles. The van der Waals surface area contributed by atoms with Crippen LogP contribution in [0.4, 0.5) is 5.69 Å². The summed E-state index contributed by atoms with van der Waals surface area (Å²) in [4.78, 5) is 4.29. The lowest BCUT2D eigenvalue weighted by atomic mass is 9.43. The van der Waals surface area contributed by atoms with Gasteiger partial charge in [-0.25, -0.2) is 4.98 Å². The summed E-state index contributed by atoms with van der Waals surface area (Å²) in [6.45, 7) is 10.7. The van der Waals surface area contributed by atoms with E-state index in [1.54, 1.807) is 0 Å². The summed E-state index contributed by atoms with van der Waals surface area (Å²) in [5.41, 5.74) is 1.66. The molecule has 5 rings (SSSR count). The molecule has 1 unspecified atom stereocenters. The molecule has 1 aromatic rings. The zero-order valence-corrected chi connectivity index (χ0v) is 22.9. The lowest BCUT2D eigenvalue weighted by molar-refractivity contribution is -0.165. The van der Waals surface area contributed by atoms with Crippen molar-refractivity contribution >= 4 is 5.69 Å². The molecular weight excluding hydrogens is 446 g/mol. The number of nitrogens with zero attached hydrogens (tertiary/aromatic N) is 2. The first-order valence-electron chi connectivity index (χ1n) is 14.7. The quantitative estimate of drug-likeness (QED) is 0.449. The Balaban J connectivity index is 1.30. The number of fused-ring (bicyclic) bond motifs is 5. The number of nitriles is 1. The van der Waals surface area contributed by atoms with Crippen LogP contribution in [0.1, 0.15) is 97.6 Å². The van der Waals surface area contributed by atoms with Gasteiger partial charge < -0.3 is 15.2 Å². The molecule has 1 aromatic heterocycles. The Kier molecular flexibility index (Phi) is 7.16.